The minimum atomic E-state index is -4.63. The number of carbonyl (C=O) groups excluding carboxylic acids is 2. The van der Waals surface area contributed by atoms with Crippen LogP contribution in [0.5, 0.6) is 0 Å². The zero-order chi connectivity index (χ0) is 27.6. The number of rotatable bonds is 7. The normalized spacial score (nSPS) is 15.5. The maximum Gasteiger partial charge on any atom is 0.416 e. The second-order valence-corrected chi connectivity index (χ2v) is 9.48. The molecular formula is C27H27F3N6O3. The Balaban J connectivity index is 1.32. The minimum absolute atomic E-state index is 0.163. The largest absolute Gasteiger partial charge is 0.416 e. The van der Waals surface area contributed by atoms with Gasteiger partial charge in [0.05, 0.1) is 53.8 Å². The summed E-state index contributed by atoms with van der Waals surface area (Å²) in [7, 11) is 0. The standard InChI is InChI=1S/C27H27F3N6O3/c1-16-23(26(38)34-20-4-5-24(32-14-20)33-19-2-3-19)13-21(15-31-16)35-25(37)17-10-18(27(28,29)30)12-22(11-17)36-6-8-39-9-7-36/h4-5,10-15,19H,2-3,6-9H2,1H3,(H,32,33)(H,34,38)(H,35,37). The van der Waals surface area contributed by atoms with E-state index in [0.29, 0.717) is 43.7 Å². The molecule has 204 valence electrons. The van der Waals surface area contributed by atoms with Gasteiger partial charge >= 0.3 is 6.18 Å². The lowest BCUT2D eigenvalue weighted by molar-refractivity contribution is -0.137. The summed E-state index contributed by atoms with van der Waals surface area (Å²) in [6.45, 7) is 3.24. The number of benzene rings is 1. The highest BCUT2D eigenvalue weighted by molar-refractivity contribution is 6.08. The molecule has 3 heterocycles. The Labute approximate surface area is 222 Å². The number of ether oxygens (including phenoxy) is 1. The third kappa shape index (κ3) is 6.63. The number of carbonyl (C=O) groups is 2. The molecular weight excluding hydrogens is 513 g/mol. The molecule has 0 unspecified atom stereocenters. The molecule has 2 fully saturated rings. The van der Waals surface area contributed by atoms with Crippen molar-refractivity contribution in [1.29, 1.82) is 0 Å². The molecule has 0 radical (unpaired) electrons. The van der Waals surface area contributed by atoms with E-state index in [1.807, 2.05) is 0 Å². The average molecular weight is 541 g/mol. The SMILES string of the molecule is Cc1ncc(NC(=O)c2cc(N3CCOCC3)cc(C(F)(F)F)c2)cc1C(=O)Nc1ccc(NC2CC2)nc1. The lowest BCUT2D eigenvalue weighted by Crippen LogP contribution is -2.36. The summed E-state index contributed by atoms with van der Waals surface area (Å²) >= 11 is 0. The fourth-order valence-corrected chi connectivity index (χ4v) is 4.13. The Morgan fingerprint density at radius 3 is 2.33 bits per heavy atom. The first-order chi connectivity index (χ1) is 18.7. The summed E-state index contributed by atoms with van der Waals surface area (Å²) in [6.07, 6.45) is 0.483. The highest BCUT2D eigenvalue weighted by Gasteiger charge is 2.32. The smallest absolute Gasteiger partial charge is 0.378 e. The first-order valence-corrected chi connectivity index (χ1v) is 12.5. The number of morpholine rings is 1. The van der Waals surface area contributed by atoms with Gasteiger partial charge in [0.25, 0.3) is 11.8 Å². The fraction of sp³-hybridized carbons (Fsp3) is 0.333. The summed E-state index contributed by atoms with van der Waals surface area (Å²) in [5.74, 6) is -0.491. The molecule has 0 bridgehead atoms. The number of halogens is 3. The molecule has 1 saturated heterocycles. The summed E-state index contributed by atoms with van der Waals surface area (Å²) in [5.41, 5.74) is 0.463. The summed E-state index contributed by atoms with van der Waals surface area (Å²) in [5, 5.41) is 8.59. The van der Waals surface area contributed by atoms with Crippen molar-refractivity contribution in [2.45, 2.75) is 32.0 Å². The zero-order valence-electron chi connectivity index (χ0n) is 21.1. The van der Waals surface area contributed by atoms with Crippen molar-refractivity contribution in [3.8, 4) is 0 Å². The maximum absolute atomic E-state index is 13.6. The molecule has 1 aliphatic heterocycles. The van der Waals surface area contributed by atoms with Crippen LogP contribution in [-0.4, -0.2) is 54.1 Å². The molecule has 12 heteroatoms. The van der Waals surface area contributed by atoms with Gasteiger partial charge in [0.15, 0.2) is 0 Å². The van der Waals surface area contributed by atoms with Crippen molar-refractivity contribution in [2.75, 3.05) is 47.2 Å². The predicted octanol–water partition coefficient (Wildman–Crippen LogP) is 4.72. The number of amides is 2. The van der Waals surface area contributed by atoms with Crippen molar-refractivity contribution in [3.63, 3.8) is 0 Å². The van der Waals surface area contributed by atoms with Crippen molar-refractivity contribution >= 4 is 34.7 Å². The van der Waals surface area contributed by atoms with Crippen LogP contribution < -0.4 is 20.9 Å². The van der Waals surface area contributed by atoms with Crippen LogP contribution in [0.2, 0.25) is 0 Å². The van der Waals surface area contributed by atoms with Crippen LogP contribution in [0.25, 0.3) is 0 Å². The van der Waals surface area contributed by atoms with Crippen LogP contribution in [0, 0.1) is 6.92 Å². The van der Waals surface area contributed by atoms with Crippen molar-refractivity contribution in [2.24, 2.45) is 0 Å². The lowest BCUT2D eigenvalue weighted by Gasteiger charge is -2.29. The van der Waals surface area contributed by atoms with Gasteiger partial charge in [0, 0.05) is 30.4 Å². The van der Waals surface area contributed by atoms with Crippen LogP contribution in [0.1, 0.15) is 44.8 Å². The molecule has 0 spiro atoms. The van der Waals surface area contributed by atoms with Gasteiger partial charge in [0.2, 0.25) is 0 Å². The Hall–Kier alpha value is -4.19. The van der Waals surface area contributed by atoms with Crippen LogP contribution in [-0.2, 0) is 10.9 Å². The number of hydrogen-bond acceptors (Lipinski definition) is 7. The Morgan fingerprint density at radius 2 is 1.67 bits per heavy atom. The number of nitrogens with one attached hydrogen (secondary N) is 3. The van der Waals surface area contributed by atoms with Crippen molar-refractivity contribution in [1.82, 2.24) is 9.97 Å². The van der Waals surface area contributed by atoms with Crippen LogP contribution >= 0.6 is 0 Å². The summed E-state index contributed by atoms with van der Waals surface area (Å²) < 4.78 is 46.1. The van der Waals surface area contributed by atoms with E-state index < -0.39 is 23.6 Å². The second kappa shape index (κ2) is 10.9. The second-order valence-electron chi connectivity index (χ2n) is 9.48. The van der Waals surface area contributed by atoms with Crippen LogP contribution in [0.15, 0.2) is 48.8 Å². The van der Waals surface area contributed by atoms with E-state index in [0.717, 1.165) is 30.8 Å². The first-order valence-electron chi connectivity index (χ1n) is 12.5. The number of nitrogens with zero attached hydrogens (tertiary/aromatic N) is 3. The maximum atomic E-state index is 13.6. The molecule has 3 aromatic rings. The molecule has 9 nitrogen and oxygen atoms in total. The first kappa shape index (κ1) is 26.4. The van der Waals surface area contributed by atoms with Gasteiger partial charge in [0.1, 0.15) is 5.82 Å². The van der Waals surface area contributed by atoms with E-state index in [1.54, 1.807) is 24.0 Å². The van der Waals surface area contributed by atoms with E-state index in [-0.39, 0.29) is 22.5 Å². The molecule has 5 rings (SSSR count). The van der Waals surface area contributed by atoms with E-state index in [9.17, 15) is 22.8 Å². The van der Waals surface area contributed by atoms with Gasteiger partial charge in [-0.05, 0) is 56.2 Å². The van der Waals surface area contributed by atoms with Crippen molar-refractivity contribution < 1.29 is 27.5 Å². The van der Waals surface area contributed by atoms with E-state index >= 15 is 0 Å². The van der Waals surface area contributed by atoms with Gasteiger partial charge in [-0.1, -0.05) is 0 Å². The van der Waals surface area contributed by atoms with Gasteiger partial charge in [-0.3, -0.25) is 14.6 Å². The lowest BCUT2D eigenvalue weighted by atomic mass is 10.1. The highest BCUT2D eigenvalue weighted by Crippen LogP contribution is 2.33. The average Bonchev–Trinajstić information content (AvgIpc) is 3.74. The summed E-state index contributed by atoms with van der Waals surface area (Å²) in [6, 6.07) is 8.64. The molecule has 2 aromatic heterocycles. The molecule has 1 saturated carbocycles. The van der Waals surface area contributed by atoms with Gasteiger partial charge in [-0.15, -0.1) is 0 Å². The van der Waals surface area contributed by atoms with Gasteiger partial charge < -0.3 is 25.6 Å². The van der Waals surface area contributed by atoms with Crippen LogP contribution in [0.4, 0.5) is 36.1 Å². The number of aromatic nitrogens is 2. The van der Waals surface area contributed by atoms with Crippen LogP contribution in [0.3, 0.4) is 0 Å². The molecule has 39 heavy (non-hydrogen) atoms. The monoisotopic (exact) mass is 540 g/mol. The molecule has 1 aromatic carbocycles. The van der Waals surface area contributed by atoms with Crippen molar-refractivity contribution in [3.05, 3.63) is 71.2 Å². The number of pyridine rings is 2. The third-order valence-electron chi connectivity index (χ3n) is 6.42. The highest BCUT2D eigenvalue weighted by atomic mass is 19.4. The number of anilines is 4. The molecule has 0 atom stereocenters. The van der Waals surface area contributed by atoms with Gasteiger partial charge in [-0.2, -0.15) is 13.2 Å². The molecule has 1 aliphatic carbocycles. The minimum Gasteiger partial charge on any atom is -0.378 e. The number of alkyl halides is 3. The molecule has 2 amide bonds. The Bertz CT molecular complexity index is 1370. The van der Waals surface area contributed by atoms with E-state index in [4.69, 9.17) is 4.74 Å². The molecule has 3 N–H and O–H groups in total. The Morgan fingerprint density at radius 1 is 0.949 bits per heavy atom. The predicted molar refractivity (Wildman–Crippen MR) is 140 cm³/mol. The van der Waals surface area contributed by atoms with E-state index in [1.165, 1.54) is 24.5 Å². The third-order valence-corrected chi connectivity index (χ3v) is 6.42. The number of aryl methyl sites for hydroxylation is 1. The number of hydrogen-bond donors (Lipinski definition) is 3. The topological polar surface area (TPSA) is 108 Å². The summed E-state index contributed by atoms with van der Waals surface area (Å²) in [4.78, 5) is 36.2. The van der Waals surface area contributed by atoms with E-state index in [2.05, 4.69) is 25.9 Å². The quantitative estimate of drug-likeness (QED) is 0.398. The van der Waals surface area contributed by atoms with Gasteiger partial charge in [-0.25, -0.2) is 4.98 Å². The molecule has 2 aliphatic rings. The Kier molecular flexibility index (Phi) is 7.38. The fourth-order valence-electron chi connectivity index (χ4n) is 4.13. The zero-order valence-corrected chi connectivity index (χ0v) is 21.1.